The number of furan rings is 1. The van der Waals surface area contributed by atoms with Gasteiger partial charge in [-0.05, 0) is 49.2 Å². The van der Waals surface area contributed by atoms with Crippen LogP contribution in [0.1, 0.15) is 37.9 Å². The molecule has 1 aromatic carbocycles. The summed E-state index contributed by atoms with van der Waals surface area (Å²) >= 11 is 0. The number of aryl methyl sites for hydroxylation is 2. The van der Waals surface area contributed by atoms with Crippen molar-refractivity contribution in [2.24, 2.45) is 0 Å². The molecule has 0 saturated carbocycles. The fraction of sp³-hybridized carbons (Fsp3) is 0.150. The van der Waals surface area contributed by atoms with Crippen LogP contribution in [0.2, 0.25) is 0 Å². The Morgan fingerprint density at radius 3 is 2.23 bits per heavy atom. The summed E-state index contributed by atoms with van der Waals surface area (Å²) in [5, 5.41) is 5.58. The predicted octanol–water partition coefficient (Wildman–Crippen LogP) is 3.47. The number of nitrogens with one attached hydrogen (secondary N) is 2. The van der Waals surface area contributed by atoms with Gasteiger partial charge in [-0.1, -0.05) is 24.3 Å². The second-order valence-electron chi connectivity index (χ2n) is 5.89. The van der Waals surface area contributed by atoms with E-state index in [2.05, 4.69) is 15.6 Å². The molecule has 0 aliphatic heterocycles. The van der Waals surface area contributed by atoms with E-state index in [0.717, 1.165) is 16.8 Å². The van der Waals surface area contributed by atoms with Gasteiger partial charge in [0.05, 0.1) is 12.8 Å². The maximum atomic E-state index is 12.5. The van der Waals surface area contributed by atoms with Crippen LogP contribution in [0.15, 0.2) is 59.2 Å². The Morgan fingerprint density at radius 1 is 0.923 bits per heavy atom. The lowest BCUT2D eigenvalue weighted by molar-refractivity contribution is 0.0943. The Hall–Kier alpha value is -3.41. The third-order valence-electron chi connectivity index (χ3n) is 3.94. The molecule has 0 aliphatic carbocycles. The van der Waals surface area contributed by atoms with Crippen LogP contribution in [0.5, 0.6) is 0 Å². The molecule has 0 aliphatic rings. The molecule has 2 aromatic heterocycles. The van der Waals surface area contributed by atoms with Crippen LogP contribution in [0, 0.1) is 13.8 Å². The average molecular weight is 349 g/mol. The Bertz CT molecular complexity index is 913. The minimum Gasteiger partial charge on any atom is -0.467 e. The van der Waals surface area contributed by atoms with Crippen molar-refractivity contribution in [2.45, 2.75) is 20.4 Å². The lowest BCUT2D eigenvalue weighted by atomic mass is 10.1. The lowest BCUT2D eigenvalue weighted by Gasteiger charge is -2.11. The van der Waals surface area contributed by atoms with Gasteiger partial charge in [0.15, 0.2) is 0 Å². The average Bonchev–Trinajstić information content (AvgIpc) is 3.16. The molecule has 0 spiro atoms. The van der Waals surface area contributed by atoms with E-state index >= 15 is 0 Å². The van der Waals surface area contributed by atoms with E-state index in [1.165, 1.54) is 6.26 Å². The molecule has 0 atom stereocenters. The van der Waals surface area contributed by atoms with E-state index in [9.17, 15) is 9.59 Å². The van der Waals surface area contributed by atoms with Gasteiger partial charge < -0.3 is 15.1 Å². The maximum Gasteiger partial charge on any atom is 0.274 e. The molecule has 0 unspecified atom stereocenters. The van der Waals surface area contributed by atoms with Gasteiger partial charge in [0.2, 0.25) is 0 Å². The molecule has 0 fully saturated rings. The number of para-hydroxylation sites is 1. The third kappa shape index (κ3) is 3.97. The molecule has 6 nitrogen and oxygen atoms in total. The Kier molecular flexibility index (Phi) is 5.12. The van der Waals surface area contributed by atoms with Crippen LogP contribution in [0.4, 0.5) is 5.69 Å². The normalized spacial score (nSPS) is 10.4. The number of aromatic nitrogens is 1. The summed E-state index contributed by atoms with van der Waals surface area (Å²) in [5.41, 5.74) is 3.03. The van der Waals surface area contributed by atoms with Crippen LogP contribution in [-0.2, 0) is 6.54 Å². The van der Waals surface area contributed by atoms with Crippen molar-refractivity contribution in [3.8, 4) is 0 Å². The molecule has 2 N–H and O–H groups in total. The van der Waals surface area contributed by atoms with Crippen LogP contribution in [-0.4, -0.2) is 16.8 Å². The Morgan fingerprint density at radius 2 is 1.58 bits per heavy atom. The fourth-order valence-electron chi connectivity index (χ4n) is 2.55. The topological polar surface area (TPSA) is 84.2 Å². The molecule has 0 radical (unpaired) electrons. The molecule has 132 valence electrons. The van der Waals surface area contributed by atoms with Crippen molar-refractivity contribution in [3.63, 3.8) is 0 Å². The summed E-state index contributed by atoms with van der Waals surface area (Å²) in [6.07, 6.45) is 1.54. The number of carbonyl (C=O) groups excluding carboxylic acids is 2. The Labute approximate surface area is 151 Å². The van der Waals surface area contributed by atoms with E-state index < -0.39 is 0 Å². The predicted molar refractivity (Wildman–Crippen MR) is 98.0 cm³/mol. The van der Waals surface area contributed by atoms with Gasteiger partial charge in [0, 0.05) is 5.69 Å². The van der Waals surface area contributed by atoms with Crippen LogP contribution >= 0.6 is 0 Å². The van der Waals surface area contributed by atoms with Crippen LogP contribution in [0.3, 0.4) is 0 Å². The first-order valence-corrected chi connectivity index (χ1v) is 8.20. The summed E-state index contributed by atoms with van der Waals surface area (Å²) in [6.45, 7) is 4.11. The van der Waals surface area contributed by atoms with Gasteiger partial charge in [-0.2, -0.15) is 0 Å². The first kappa shape index (κ1) is 17.4. The van der Waals surface area contributed by atoms with Gasteiger partial charge >= 0.3 is 0 Å². The summed E-state index contributed by atoms with van der Waals surface area (Å²) in [4.78, 5) is 28.9. The molecule has 0 saturated heterocycles. The highest BCUT2D eigenvalue weighted by Gasteiger charge is 2.14. The van der Waals surface area contributed by atoms with Crippen LogP contribution in [0.25, 0.3) is 0 Å². The number of carbonyl (C=O) groups is 2. The number of hydrogen-bond donors (Lipinski definition) is 2. The van der Waals surface area contributed by atoms with E-state index in [1.54, 1.807) is 30.3 Å². The zero-order chi connectivity index (χ0) is 18.5. The zero-order valence-corrected chi connectivity index (χ0v) is 14.6. The third-order valence-corrected chi connectivity index (χ3v) is 3.94. The van der Waals surface area contributed by atoms with E-state index in [4.69, 9.17) is 4.42 Å². The molecule has 6 heteroatoms. The number of amides is 2. The summed E-state index contributed by atoms with van der Waals surface area (Å²) in [7, 11) is 0. The molecule has 0 bridgehead atoms. The number of pyridine rings is 1. The van der Waals surface area contributed by atoms with Crippen molar-refractivity contribution in [1.82, 2.24) is 10.3 Å². The fourth-order valence-corrected chi connectivity index (χ4v) is 2.55. The molecule has 3 aromatic rings. The molecule has 26 heavy (non-hydrogen) atoms. The molecule has 3 rings (SSSR count). The monoisotopic (exact) mass is 349 g/mol. The van der Waals surface area contributed by atoms with Gasteiger partial charge in [-0.25, -0.2) is 4.98 Å². The summed E-state index contributed by atoms with van der Waals surface area (Å²) in [5.74, 6) is -0.0894. The van der Waals surface area contributed by atoms with Gasteiger partial charge in [0.25, 0.3) is 11.8 Å². The number of anilines is 1. The second-order valence-corrected chi connectivity index (χ2v) is 5.89. The number of rotatable bonds is 5. The van der Waals surface area contributed by atoms with Gasteiger partial charge in [0.1, 0.15) is 17.1 Å². The van der Waals surface area contributed by atoms with Crippen molar-refractivity contribution < 1.29 is 14.0 Å². The van der Waals surface area contributed by atoms with Crippen LogP contribution < -0.4 is 10.6 Å². The first-order chi connectivity index (χ1) is 12.5. The smallest absolute Gasteiger partial charge is 0.274 e. The minimum absolute atomic E-state index is 0.172. The highest BCUT2D eigenvalue weighted by molar-refractivity contribution is 6.04. The molecular formula is C20H19N3O3. The van der Waals surface area contributed by atoms with Crippen molar-refractivity contribution in [3.05, 3.63) is 83.1 Å². The molecular weight excluding hydrogens is 330 g/mol. The largest absolute Gasteiger partial charge is 0.467 e. The zero-order valence-electron chi connectivity index (χ0n) is 14.6. The van der Waals surface area contributed by atoms with Crippen molar-refractivity contribution in [2.75, 3.05) is 5.32 Å². The minimum atomic E-state index is -0.372. The van der Waals surface area contributed by atoms with E-state index in [-0.39, 0.29) is 29.7 Å². The highest BCUT2D eigenvalue weighted by Crippen LogP contribution is 2.20. The van der Waals surface area contributed by atoms with Gasteiger partial charge in [-0.15, -0.1) is 0 Å². The lowest BCUT2D eigenvalue weighted by Crippen LogP contribution is -2.25. The summed E-state index contributed by atoms with van der Waals surface area (Å²) < 4.78 is 5.17. The number of nitrogens with zero attached hydrogens (tertiary/aromatic N) is 1. The number of hydrogen-bond acceptors (Lipinski definition) is 4. The quantitative estimate of drug-likeness (QED) is 0.739. The Balaban J connectivity index is 1.72. The maximum absolute atomic E-state index is 12.5. The second kappa shape index (κ2) is 7.65. The van der Waals surface area contributed by atoms with E-state index in [1.807, 2.05) is 32.0 Å². The van der Waals surface area contributed by atoms with Crippen molar-refractivity contribution in [1.29, 1.82) is 0 Å². The molecule has 2 heterocycles. The van der Waals surface area contributed by atoms with Gasteiger partial charge in [-0.3, -0.25) is 9.59 Å². The SMILES string of the molecule is Cc1cccc(C)c1NC(=O)c1cccc(C(=O)NCc2ccco2)n1. The standard InChI is InChI=1S/C20H19N3O3/c1-13-6-3-7-14(2)18(13)23-20(25)17-10-4-9-16(22-17)19(24)21-12-15-8-5-11-26-15/h3-11H,12H2,1-2H3,(H,21,24)(H,23,25). The highest BCUT2D eigenvalue weighted by atomic mass is 16.3. The van der Waals surface area contributed by atoms with Crippen molar-refractivity contribution >= 4 is 17.5 Å². The summed E-state index contributed by atoms with van der Waals surface area (Å²) in [6, 6.07) is 14.1. The van der Waals surface area contributed by atoms with E-state index in [0.29, 0.717) is 5.76 Å². The first-order valence-electron chi connectivity index (χ1n) is 8.20. The number of benzene rings is 1. The molecule has 2 amide bonds.